The van der Waals surface area contributed by atoms with Crippen molar-refractivity contribution >= 4 is 0 Å². The van der Waals surface area contributed by atoms with Crippen LogP contribution in [0, 0.1) is 11.3 Å². The second-order valence-corrected chi connectivity index (χ2v) is 8.43. The van der Waals surface area contributed by atoms with Gasteiger partial charge in [-0.2, -0.15) is 0 Å². The Bertz CT molecular complexity index is 286. The SMILES string of the molecule is CC1CCC(N(C)CC2(CNC(C)C)CCCCC2)CC1. The highest BCUT2D eigenvalue weighted by molar-refractivity contribution is 4.90. The molecule has 0 aliphatic heterocycles. The third-order valence-electron chi connectivity index (χ3n) is 5.99. The van der Waals surface area contributed by atoms with Gasteiger partial charge in [0, 0.05) is 25.2 Å². The van der Waals surface area contributed by atoms with Gasteiger partial charge in [-0.3, -0.25) is 0 Å². The molecule has 0 radical (unpaired) electrons. The van der Waals surface area contributed by atoms with Gasteiger partial charge in [0.25, 0.3) is 0 Å². The molecule has 2 fully saturated rings. The van der Waals surface area contributed by atoms with Crippen LogP contribution < -0.4 is 5.32 Å². The van der Waals surface area contributed by atoms with Crippen molar-refractivity contribution in [3.63, 3.8) is 0 Å². The number of rotatable bonds is 6. The Morgan fingerprint density at radius 2 is 1.67 bits per heavy atom. The van der Waals surface area contributed by atoms with Gasteiger partial charge in [0.2, 0.25) is 0 Å². The van der Waals surface area contributed by atoms with E-state index < -0.39 is 0 Å². The van der Waals surface area contributed by atoms with E-state index in [0.717, 1.165) is 12.0 Å². The largest absolute Gasteiger partial charge is 0.314 e. The highest BCUT2D eigenvalue weighted by atomic mass is 15.1. The van der Waals surface area contributed by atoms with E-state index >= 15 is 0 Å². The zero-order valence-electron chi connectivity index (χ0n) is 15.0. The molecule has 2 rings (SSSR count). The summed E-state index contributed by atoms with van der Waals surface area (Å²) in [5, 5.41) is 3.74. The fourth-order valence-electron chi connectivity index (χ4n) is 4.45. The first-order chi connectivity index (χ1) is 10.0. The van der Waals surface area contributed by atoms with Crippen molar-refractivity contribution in [2.24, 2.45) is 11.3 Å². The summed E-state index contributed by atoms with van der Waals surface area (Å²) < 4.78 is 0. The van der Waals surface area contributed by atoms with Gasteiger partial charge in [-0.15, -0.1) is 0 Å². The van der Waals surface area contributed by atoms with Gasteiger partial charge in [-0.05, 0) is 56.9 Å². The summed E-state index contributed by atoms with van der Waals surface area (Å²) in [7, 11) is 2.40. The summed E-state index contributed by atoms with van der Waals surface area (Å²) in [4.78, 5) is 2.72. The first kappa shape index (κ1) is 17.3. The van der Waals surface area contributed by atoms with Crippen molar-refractivity contribution in [3.8, 4) is 0 Å². The smallest absolute Gasteiger partial charge is 0.00926 e. The highest BCUT2D eigenvalue weighted by Gasteiger charge is 2.35. The molecule has 0 aromatic carbocycles. The summed E-state index contributed by atoms with van der Waals surface area (Å²) in [6.07, 6.45) is 12.9. The zero-order chi connectivity index (χ0) is 15.3. The molecular weight excluding hydrogens is 256 g/mol. The van der Waals surface area contributed by atoms with E-state index in [1.807, 2.05) is 0 Å². The van der Waals surface area contributed by atoms with E-state index in [0.29, 0.717) is 11.5 Å². The standard InChI is InChI=1S/C19H38N2/c1-16(2)20-14-19(12-6-5-7-13-19)15-21(4)18-10-8-17(3)9-11-18/h16-18,20H,5-15H2,1-4H3. The third kappa shape index (κ3) is 5.25. The van der Waals surface area contributed by atoms with Crippen LogP contribution in [0.4, 0.5) is 0 Å². The van der Waals surface area contributed by atoms with Crippen molar-refractivity contribution < 1.29 is 0 Å². The minimum Gasteiger partial charge on any atom is -0.314 e. The van der Waals surface area contributed by atoms with Crippen molar-refractivity contribution in [1.29, 1.82) is 0 Å². The molecule has 0 amide bonds. The minimum atomic E-state index is 0.542. The fourth-order valence-corrected chi connectivity index (χ4v) is 4.45. The van der Waals surface area contributed by atoms with Gasteiger partial charge in [0.15, 0.2) is 0 Å². The van der Waals surface area contributed by atoms with Gasteiger partial charge < -0.3 is 10.2 Å². The van der Waals surface area contributed by atoms with Gasteiger partial charge in [-0.1, -0.05) is 40.0 Å². The van der Waals surface area contributed by atoms with Crippen LogP contribution in [-0.4, -0.2) is 37.1 Å². The second-order valence-electron chi connectivity index (χ2n) is 8.43. The Kier molecular flexibility index (Phi) is 6.55. The molecule has 2 aliphatic rings. The summed E-state index contributed by atoms with van der Waals surface area (Å²) in [6.45, 7) is 9.51. The first-order valence-electron chi connectivity index (χ1n) is 9.44. The Hall–Kier alpha value is -0.0800. The summed E-state index contributed by atoms with van der Waals surface area (Å²) >= 11 is 0. The number of nitrogens with zero attached hydrogens (tertiary/aromatic N) is 1. The Morgan fingerprint density at radius 1 is 1.05 bits per heavy atom. The first-order valence-corrected chi connectivity index (χ1v) is 9.44. The zero-order valence-corrected chi connectivity index (χ0v) is 15.0. The van der Waals surface area contributed by atoms with E-state index in [-0.39, 0.29) is 0 Å². The Morgan fingerprint density at radius 3 is 2.24 bits per heavy atom. The third-order valence-corrected chi connectivity index (χ3v) is 5.99. The van der Waals surface area contributed by atoms with E-state index in [1.54, 1.807) is 0 Å². The average molecular weight is 295 g/mol. The number of nitrogens with one attached hydrogen (secondary N) is 1. The maximum atomic E-state index is 3.74. The molecule has 2 aliphatic carbocycles. The summed E-state index contributed by atoms with van der Waals surface area (Å²) in [6, 6.07) is 1.46. The van der Waals surface area contributed by atoms with Crippen molar-refractivity contribution in [2.45, 2.75) is 90.6 Å². The maximum Gasteiger partial charge on any atom is 0.00926 e. The average Bonchev–Trinajstić information content (AvgIpc) is 2.47. The van der Waals surface area contributed by atoms with Crippen molar-refractivity contribution in [3.05, 3.63) is 0 Å². The van der Waals surface area contributed by atoms with Gasteiger partial charge in [-0.25, -0.2) is 0 Å². The molecule has 0 unspecified atom stereocenters. The number of hydrogen-bond acceptors (Lipinski definition) is 2. The Balaban J connectivity index is 1.90. The van der Waals surface area contributed by atoms with E-state index in [4.69, 9.17) is 0 Å². The highest BCUT2D eigenvalue weighted by Crippen LogP contribution is 2.38. The van der Waals surface area contributed by atoms with E-state index in [9.17, 15) is 0 Å². The van der Waals surface area contributed by atoms with Crippen LogP contribution in [0.25, 0.3) is 0 Å². The van der Waals surface area contributed by atoms with Crippen LogP contribution in [0.1, 0.15) is 78.6 Å². The topological polar surface area (TPSA) is 15.3 Å². The van der Waals surface area contributed by atoms with Crippen molar-refractivity contribution in [2.75, 3.05) is 20.1 Å². The predicted molar refractivity (Wildman–Crippen MR) is 92.7 cm³/mol. The van der Waals surface area contributed by atoms with E-state index in [2.05, 4.69) is 38.0 Å². The molecule has 0 atom stereocenters. The molecule has 0 spiro atoms. The molecule has 0 bridgehead atoms. The second kappa shape index (κ2) is 7.97. The van der Waals surface area contributed by atoms with Crippen molar-refractivity contribution in [1.82, 2.24) is 10.2 Å². The van der Waals surface area contributed by atoms with Crippen LogP contribution >= 0.6 is 0 Å². The lowest BCUT2D eigenvalue weighted by Gasteiger charge is -2.44. The molecular formula is C19H38N2. The Labute approximate surface area is 133 Å². The minimum absolute atomic E-state index is 0.542. The lowest BCUT2D eigenvalue weighted by Crippen LogP contribution is -2.48. The molecule has 0 aromatic rings. The van der Waals surface area contributed by atoms with Crippen LogP contribution in [-0.2, 0) is 0 Å². The molecule has 0 aromatic heterocycles. The summed E-state index contributed by atoms with van der Waals surface area (Å²) in [5.41, 5.74) is 0.542. The normalized spacial score (nSPS) is 30.0. The van der Waals surface area contributed by atoms with Crippen LogP contribution in [0.5, 0.6) is 0 Å². The molecule has 2 saturated carbocycles. The summed E-state index contributed by atoms with van der Waals surface area (Å²) in [5.74, 6) is 0.959. The molecule has 124 valence electrons. The van der Waals surface area contributed by atoms with E-state index in [1.165, 1.54) is 70.9 Å². The van der Waals surface area contributed by atoms with Gasteiger partial charge in [0.1, 0.15) is 0 Å². The van der Waals surface area contributed by atoms with Gasteiger partial charge in [0.05, 0.1) is 0 Å². The lowest BCUT2D eigenvalue weighted by molar-refractivity contribution is 0.0728. The molecule has 21 heavy (non-hydrogen) atoms. The van der Waals surface area contributed by atoms with Gasteiger partial charge >= 0.3 is 0 Å². The van der Waals surface area contributed by atoms with Crippen LogP contribution in [0.15, 0.2) is 0 Å². The monoisotopic (exact) mass is 294 g/mol. The molecule has 0 heterocycles. The number of hydrogen-bond donors (Lipinski definition) is 1. The molecule has 2 nitrogen and oxygen atoms in total. The van der Waals surface area contributed by atoms with Crippen LogP contribution in [0.2, 0.25) is 0 Å². The fraction of sp³-hybridized carbons (Fsp3) is 1.00. The molecule has 1 N–H and O–H groups in total. The quantitative estimate of drug-likeness (QED) is 0.779. The lowest BCUT2D eigenvalue weighted by atomic mass is 9.73. The molecule has 0 saturated heterocycles. The molecule has 2 heteroatoms. The maximum absolute atomic E-state index is 3.74. The predicted octanol–water partition coefficient (Wildman–Crippen LogP) is 4.45. The van der Waals surface area contributed by atoms with Crippen LogP contribution in [0.3, 0.4) is 0 Å².